The van der Waals surface area contributed by atoms with E-state index < -0.39 is 0 Å². The van der Waals surface area contributed by atoms with Crippen LogP contribution in [0, 0.1) is 0 Å². The zero-order valence-corrected chi connectivity index (χ0v) is 9.56. The van der Waals surface area contributed by atoms with Gasteiger partial charge in [-0.2, -0.15) is 0 Å². The quantitative estimate of drug-likeness (QED) is 0.672. The fraction of sp³-hybridized carbons (Fsp3) is 0.100. The van der Waals surface area contributed by atoms with Gasteiger partial charge in [-0.1, -0.05) is 22.0 Å². The van der Waals surface area contributed by atoms with Gasteiger partial charge in [0.2, 0.25) is 0 Å². The van der Waals surface area contributed by atoms with Gasteiger partial charge in [-0.15, -0.1) is 11.3 Å². The molecule has 1 N–H and O–H groups in total. The molecule has 2 rings (SSSR count). The molecule has 0 aliphatic heterocycles. The highest BCUT2D eigenvalue weighted by atomic mass is 79.9. The number of rotatable bonds is 2. The first-order valence-corrected chi connectivity index (χ1v) is 6.01. The third-order valence-electron chi connectivity index (χ3n) is 2.09. The fourth-order valence-electron chi connectivity index (χ4n) is 1.43. The van der Waals surface area contributed by atoms with Crippen LogP contribution in [-0.2, 0) is 5.33 Å². The highest BCUT2D eigenvalue weighted by Gasteiger charge is 2.10. The second kappa shape index (κ2) is 3.71. The van der Waals surface area contributed by atoms with Gasteiger partial charge in [0.25, 0.3) is 0 Å². The number of alkyl halides is 1. The summed E-state index contributed by atoms with van der Waals surface area (Å²) in [7, 11) is 0. The average Bonchev–Trinajstić information content (AvgIpc) is 2.60. The van der Waals surface area contributed by atoms with Crippen LogP contribution >= 0.6 is 27.3 Å². The van der Waals surface area contributed by atoms with E-state index in [0.29, 0.717) is 10.9 Å². The fourth-order valence-corrected chi connectivity index (χ4v) is 2.85. The lowest BCUT2D eigenvalue weighted by Crippen LogP contribution is -1.84. The number of halogens is 1. The molecule has 1 heterocycles. The first-order chi connectivity index (χ1) is 6.77. The maximum Gasteiger partial charge on any atom is 0.151 e. The monoisotopic (exact) mass is 270 g/mol. The Hall–Kier alpha value is -0.870. The Bertz CT molecular complexity index is 490. The molecule has 1 aromatic heterocycles. The van der Waals surface area contributed by atoms with E-state index in [0.717, 1.165) is 21.9 Å². The predicted molar refractivity (Wildman–Crippen MR) is 61.5 cm³/mol. The van der Waals surface area contributed by atoms with Gasteiger partial charge in [-0.25, -0.2) is 0 Å². The smallest absolute Gasteiger partial charge is 0.151 e. The SMILES string of the molecule is O=Cc1ccc(CBr)c2c(O)csc12. The molecule has 14 heavy (non-hydrogen) atoms. The normalized spacial score (nSPS) is 10.6. The van der Waals surface area contributed by atoms with Gasteiger partial charge >= 0.3 is 0 Å². The van der Waals surface area contributed by atoms with Crippen molar-refractivity contribution in [1.82, 2.24) is 0 Å². The second-order valence-electron chi connectivity index (χ2n) is 2.89. The molecule has 0 aliphatic rings. The van der Waals surface area contributed by atoms with Crippen molar-refractivity contribution in [2.75, 3.05) is 0 Å². The Labute approximate surface area is 93.3 Å². The van der Waals surface area contributed by atoms with Crippen molar-refractivity contribution in [3.05, 3.63) is 28.6 Å². The molecule has 0 bridgehead atoms. The number of hydrogen-bond donors (Lipinski definition) is 1. The standard InChI is InChI=1S/C10H7BrO2S/c11-3-6-1-2-7(4-12)10-9(6)8(13)5-14-10/h1-2,4-5,13H,3H2. The molecule has 4 heteroatoms. The maximum absolute atomic E-state index is 10.7. The molecule has 0 radical (unpaired) electrons. The van der Waals surface area contributed by atoms with Gasteiger partial charge in [0.15, 0.2) is 6.29 Å². The molecule has 1 aromatic carbocycles. The molecule has 72 valence electrons. The minimum absolute atomic E-state index is 0.253. The Morgan fingerprint density at radius 2 is 2.29 bits per heavy atom. The van der Waals surface area contributed by atoms with E-state index in [4.69, 9.17) is 0 Å². The molecule has 0 fully saturated rings. The highest BCUT2D eigenvalue weighted by molar-refractivity contribution is 9.08. The van der Waals surface area contributed by atoms with Crippen molar-refractivity contribution in [2.45, 2.75) is 5.33 Å². The Morgan fingerprint density at radius 3 is 2.93 bits per heavy atom. The summed E-state index contributed by atoms with van der Waals surface area (Å²) >= 11 is 4.74. The summed E-state index contributed by atoms with van der Waals surface area (Å²) in [5, 5.41) is 12.7. The van der Waals surface area contributed by atoms with Crippen LogP contribution in [0.2, 0.25) is 0 Å². The number of benzene rings is 1. The summed E-state index contributed by atoms with van der Waals surface area (Å²) in [6.07, 6.45) is 0.816. The Kier molecular flexibility index (Phi) is 2.56. The third-order valence-corrected chi connectivity index (χ3v) is 3.71. The van der Waals surface area contributed by atoms with E-state index in [-0.39, 0.29) is 5.75 Å². The minimum Gasteiger partial charge on any atom is -0.506 e. The van der Waals surface area contributed by atoms with Crippen molar-refractivity contribution in [1.29, 1.82) is 0 Å². The molecule has 0 atom stereocenters. The second-order valence-corrected chi connectivity index (χ2v) is 4.33. The van der Waals surface area contributed by atoms with Crippen molar-refractivity contribution in [2.24, 2.45) is 0 Å². The van der Waals surface area contributed by atoms with Crippen molar-refractivity contribution < 1.29 is 9.90 Å². The van der Waals surface area contributed by atoms with Crippen LogP contribution in [0.15, 0.2) is 17.5 Å². The van der Waals surface area contributed by atoms with E-state index in [1.54, 1.807) is 11.4 Å². The largest absolute Gasteiger partial charge is 0.506 e. The number of aromatic hydroxyl groups is 1. The molecular weight excluding hydrogens is 264 g/mol. The summed E-state index contributed by atoms with van der Waals surface area (Å²) in [5.74, 6) is 0.253. The van der Waals surface area contributed by atoms with Gasteiger partial charge in [0.1, 0.15) is 5.75 Å². The van der Waals surface area contributed by atoms with Gasteiger partial charge in [0.05, 0.1) is 0 Å². The molecule has 0 spiro atoms. The molecule has 0 aliphatic carbocycles. The van der Waals surface area contributed by atoms with Crippen LogP contribution in [0.1, 0.15) is 15.9 Å². The van der Waals surface area contributed by atoms with E-state index in [9.17, 15) is 9.90 Å². The number of carbonyl (C=O) groups excluding carboxylic acids is 1. The summed E-state index contributed by atoms with van der Waals surface area (Å²) in [6.45, 7) is 0. The van der Waals surface area contributed by atoms with Gasteiger partial charge < -0.3 is 5.11 Å². The van der Waals surface area contributed by atoms with Crippen LogP contribution in [0.5, 0.6) is 5.75 Å². The van der Waals surface area contributed by atoms with Crippen LogP contribution in [0.3, 0.4) is 0 Å². The lowest BCUT2D eigenvalue weighted by Gasteiger charge is -2.01. The summed E-state index contributed by atoms with van der Waals surface area (Å²) in [5.41, 5.74) is 1.64. The molecule has 0 unspecified atom stereocenters. The summed E-state index contributed by atoms with van der Waals surface area (Å²) < 4.78 is 0.856. The van der Waals surface area contributed by atoms with Gasteiger partial charge in [0, 0.05) is 26.4 Å². The van der Waals surface area contributed by atoms with Gasteiger partial charge in [-0.3, -0.25) is 4.79 Å². The lowest BCUT2D eigenvalue weighted by atomic mass is 10.1. The third kappa shape index (κ3) is 1.35. The molecule has 0 saturated heterocycles. The van der Waals surface area contributed by atoms with Crippen LogP contribution < -0.4 is 0 Å². The van der Waals surface area contributed by atoms with Crippen LogP contribution in [0.25, 0.3) is 10.1 Å². The first-order valence-electron chi connectivity index (χ1n) is 4.01. The number of thiophene rings is 1. The first kappa shape index (κ1) is 9.68. The maximum atomic E-state index is 10.7. The van der Waals surface area contributed by atoms with Crippen LogP contribution in [0.4, 0.5) is 0 Å². The molecule has 2 aromatic rings. The highest BCUT2D eigenvalue weighted by Crippen LogP contribution is 2.36. The zero-order chi connectivity index (χ0) is 10.1. The molecule has 0 saturated carbocycles. The van der Waals surface area contributed by atoms with Crippen molar-refractivity contribution in [3.8, 4) is 5.75 Å². The minimum atomic E-state index is 0.253. The van der Waals surface area contributed by atoms with E-state index in [2.05, 4.69) is 15.9 Å². The van der Waals surface area contributed by atoms with Crippen molar-refractivity contribution in [3.63, 3.8) is 0 Å². The Morgan fingerprint density at radius 1 is 1.50 bits per heavy atom. The summed E-state index contributed by atoms with van der Waals surface area (Å²) in [6, 6.07) is 3.63. The topological polar surface area (TPSA) is 37.3 Å². The lowest BCUT2D eigenvalue weighted by molar-refractivity contribution is 0.112. The zero-order valence-electron chi connectivity index (χ0n) is 7.16. The average molecular weight is 271 g/mol. The number of aldehydes is 1. The Balaban J connectivity index is 2.87. The number of hydrogen-bond acceptors (Lipinski definition) is 3. The molecule has 2 nitrogen and oxygen atoms in total. The molecule has 0 amide bonds. The van der Waals surface area contributed by atoms with E-state index in [1.165, 1.54) is 11.3 Å². The predicted octanol–water partition coefficient (Wildman–Crippen LogP) is 3.31. The molecular formula is C10H7BrO2S. The summed E-state index contributed by atoms with van der Waals surface area (Å²) in [4.78, 5) is 10.7. The van der Waals surface area contributed by atoms with Crippen molar-refractivity contribution >= 4 is 43.6 Å². The number of carbonyl (C=O) groups is 1. The van der Waals surface area contributed by atoms with Crippen LogP contribution in [-0.4, -0.2) is 11.4 Å². The van der Waals surface area contributed by atoms with E-state index >= 15 is 0 Å². The number of fused-ring (bicyclic) bond motifs is 1. The van der Waals surface area contributed by atoms with Gasteiger partial charge in [-0.05, 0) is 11.6 Å². The van der Waals surface area contributed by atoms with E-state index in [1.807, 2.05) is 6.07 Å².